The first kappa shape index (κ1) is 56.4. The number of benzene rings is 2. The molecule has 0 radical (unpaired) electrons. The molecule has 0 amide bonds. The Hall–Kier alpha value is -2.73. The molecule has 0 saturated carbocycles. The van der Waals surface area contributed by atoms with E-state index in [0.717, 1.165) is 57.9 Å². The number of carbonyl (C=O) groups is 1. The van der Waals surface area contributed by atoms with Gasteiger partial charge in [-0.1, -0.05) is 228 Å². The molecule has 0 aliphatic rings. The molecular formula is C58H97NO3Si. The standard InChI is InChI=1S/C58H97NO3Si/c1-8-10-12-13-14-15-16-17-18-19-20-21-23-26-29-35-42-52(56(57(60)61)50-51-59(6)7)43-36-30-27-24-22-25-28-31-37-45-53(44-34-11-9-2)62-63(58(3,4)5,54-46-38-32-39-47-54)55-48-40-33-41-49-55/h14-15,17-18,31-33,37-41,46-49,52-53,56H,8-13,16,19-30,34-36,42-45,50-51H2,1-7H3,(H,60,61)/b15-14-,18-17-,37-31-/t52?,53-,56?/m1/s1. The fourth-order valence-corrected chi connectivity index (χ4v) is 14.2. The van der Waals surface area contributed by atoms with Crippen LogP contribution < -0.4 is 10.4 Å². The molecule has 0 heterocycles. The van der Waals surface area contributed by atoms with Crippen LogP contribution in [0.4, 0.5) is 0 Å². The van der Waals surface area contributed by atoms with Crippen molar-refractivity contribution in [2.45, 2.75) is 219 Å². The second-order valence-electron chi connectivity index (χ2n) is 20.0. The number of hydrogen-bond donors (Lipinski definition) is 1. The van der Waals surface area contributed by atoms with E-state index in [4.69, 9.17) is 4.43 Å². The molecule has 0 fully saturated rings. The van der Waals surface area contributed by atoms with Crippen LogP contribution in [0.1, 0.15) is 208 Å². The Morgan fingerprint density at radius 2 is 1.02 bits per heavy atom. The van der Waals surface area contributed by atoms with Crippen LogP contribution in [-0.4, -0.2) is 51.0 Å². The summed E-state index contributed by atoms with van der Waals surface area (Å²) in [7, 11) is 1.53. The van der Waals surface area contributed by atoms with E-state index in [1.165, 1.54) is 132 Å². The van der Waals surface area contributed by atoms with Crippen LogP contribution in [0.2, 0.25) is 5.04 Å². The summed E-state index contributed by atoms with van der Waals surface area (Å²) in [5, 5.41) is 13.0. The molecule has 0 bridgehead atoms. The van der Waals surface area contributed by atoms with Gasteiger partial charge in [-0.3, -0.25) is 4.79 Å². The van der Waals surface area contributed by atoms with Gasteiger partial charge in [0.15, 0.2) is 0 Å². The maximum Gasteiger partial charge on any atom is 0.306 e. The number of hydrogen-bond acceptors (Lipinski definition) is 3. The van der Waals surface area contributed by atoms with E-state index in [9.17, 15) is 9.90 Å². The first-order valence-electron chi connectivity index (χ1n) is 26.2. The maximum absolute atomic E-state index is 12.5. The van der Waals surface area contributed by atoms with Crippen molar-refractivity contribution in [1.29, 1.82) is 0 Å². The molecule has 0 aromatic heterocycles. The molecule has 0 aliphatic carbocycles. The van der Waals surface area contributed by atoms with Crippen LogP contribution >= 0.6 is 0 Å². The molecule has 356 valence electrons. The summed E-state index contributed by atoms with van der Waals surface area (Å²) in [6.45, 7) is 12.5. The highest BCUT2D eigenvalue weighted by atomic mass is 28.4. The Balaban J connectivity index is 1.79. The lowest BCUT2D eigenvalue weighted by Gasteiger charge is -2.45. The molecule has 2 rings (SSSR count). The van der Waals surface area contributed by atoms with E-state index in [0.29, 0.717) is 5.92 Å². The fraction of sp³-hybridized carbons (Fsp3) is 0.672. The van der Waals surface area contributed by atoms with Crippen LogP contribution in [0.3, 0.4) is 0 Å². The lowest BCUT2D eigenvalue weighted by Crippen LogP contribution is -2.67. The minimum atomic E-state index is -2.59. The molecule has 2 aromatic carbocycles. The molecule has 2 aromatic rings. The van der Waals surface area contributed by atoms with E-state index >= 15 is 0 Å². The molecular weight excluding hydrogens is 787 g/mol. The number of nitrogens with zero attached hydrogens (tertiary/aromatic N) is 1. The zero-order valence-electron chi connectivity index (χ0n) is 42.0. The van der Waals surface area contributed by atoms with E-state index in [1.807, 2.05) is 0 Å². The van der Waals surface area contributed by atoms with Crippen LogP contribution in [0.5, 0.6) is 0 Å². The van der Waals surface area contributed by atoms with E-state index in [1.54, 1.807) is 0 Å². The van der Waals surface area contributed by atoms with Gasteiger partial charge in [-0.25, -0.2) is 0 Å². The minimum absolute atomic E-state index is 0.0179. The Labute approximate surface area is 391 Å². The summed E-state index contributed by atoms with van der Waals surface area (Å²) >= 11 is 0. The Morgan fingerprint density at radius 3 is 1.48 bits per heavy atom. The minimum Gasteiger partial charge on any atom is -0.481 e. The monoisotopic (exact) mass is 884 g/mol. The molecule has 1 N–H and O–H groups in total. The third kappa shape index (κ3) is 24.4. The highest BCUT2D eigenvalue weighted by Crippen LogP contribution is 2.38. The fourth-order valence-electron chi connectivity index (χ4n) is 9.43. The predicted molar refractivity (Wildman–Crippen MR) is 279 cm³/mol. The molecule has 4 nitrogen and oxygen atoms in total. The summed E-state index contributed by atoms with van der Waals surface area (Å²) in [6.07, 6.45) is 46.5. The van der Waals surface area contributed by atoms with E-state index in [-0.39, 0.29) is 17.1 Å². The highest BCUT2D eigenvalue weighted by Gasteiger charge is 2.51. The summed E-state index contributed by atoms with van der Waals surface area (Å²) in [6, 6.07) is 22.2. The molecule has 0 spiro atoms. The van der Waals surface area contributed by atoms with Crippen molar-refractivity contribution >= 4 is 24.7 Å². The van der Waals surface area contributed by atoms with Crippen molar-refractivity contribution in [1.82, 2.24) is 4.90 Å². The van der Waals surface area contributed by atoms with Crippen LogP contribution in [0.25, 0.3) is 0 Å². The Bertz CT molecular complexity index is 1420. The van der Waals surface area contributed by atoms with Crippen LogP contribution in [0, 0.1) is 11.8 Å². The smallest absolute Gasteiger partial charge is 0.306 e. The Kier molecular flexibility index (Phi) is 31.8. The van der Waals surface area contributed by atoms with Gasteiger partial charge in [-0.05, 0) is 119 Å². The molecule has 3 atom stereocenters. The van der Waals surface area contributed by atoms with Crippen molar-refractivity contribution in [3.63, 3.8) is 0 Å². The lowest BCUT2D eigenvalue weighted by molar-refractivity contribution is -0.144. The van der Waals surface area contributed by atoms with Gasteiger partial charge in [-0.15, -0.1) is 0 Å². The van der Waals surface area contributed by atoms with Gasteiger partial charge in [0.25, 0.3) is 8.32 Å². The first-order chi connectivity index (χ1) is 30.6. The van der Waals surface area contributed by atoms with Gasteiger partial charge in [-0.2, -0.15) is 0 Å². The van der Waals surface area contributed by atoms with E-state index in [2.05, 4.69) is 151 Å². The lowest BCUT2D eigenvalue weighted by atomic mass is 9.81. The number of carboxylic acids is 1. The second kappa shape index (κ2) is 35.5. The molecule has 2 unspecified atom stereocenters. The topological polar surface area (TPSA) is 49.8 Å². The summed E-state index contributed by atoms with van der Waals surface area (Å²) in [4.78, 5) is 14.6. The van der Waals surface area contributed by atoms with Gasteiger partial charge < -0.3 is 14.4 Å². The summed E-state index contributed by atoms with van der Waals surface area (Å²) < 4.78 is 7.59. The van der Waals surface area contributed by atoms with Gasteiger partial charge in [0.1, 0.15) is 0 Å². The van der Waals surface area contributed by atoms with Gasteiger partial charge >= 0.3 is 5.97 Å². The van der Waals surface area contributed by atoms with Crippen molar-refractivity contribution < 1.29 is 14.3 Å². The summed E-state index contributed by atoms with van der Waals surface area (Å²) in [5.74, 6) is -0.515. The van der Waals surface area contributed by atoms with Crippen molar-refractivity contribution in [2.24, 2.45) is 11.8 Å². The largest absolute Gasteiger partial charge is 0.481 e. The van der Waals surface area contributed by atoms with Gasteiger partial charge in [0, 0.05) is 6.10 Å². The number of allylic oxidation sites excluding steroid dienone is 5. The second-order valence-corrected chi connectivity index (χ2v) is 24.2. The quantitative estimate of drug-likeness (QED) is 0.0413. The normalized spacial score (nSPS) is 14.1. The zero-order chi connectivity index (χ0) is 45.9. The number of carboxylic acid groups (broad SMARTS) is 1. The van der Waals surface area contributed by atoms with Crippen molar-refractivity contribution in [3.8, 4) is 0 Å². The number of aliphatic carboxylic acids is 1. The maximum atomic E-state index is 12.5. The third-order valence-electron chi connectivity index (χ3n) is 13.2. The SMILES string of the molecule is CCCCC/C=C\C/C=C\CCCCCCCCC(CCCCCCCC/C=C\C[C@@H](CCCCC)O[Si](c1ccccc1)(c1ccccc1)C(C)(C)C)C(CCN(C)C)C(=O)O. The predicted octanol–water partition coefficient (Wildman–Crippen LogP) is 16.1. The third-order valence-corrected chi connectivity index (χ3v) is 18.3. The van der Waals surface area contributed by atoms with Crippen LogP contribution in [0.15, 0.2) is 97.1 Å². The molecule has 5 heteroatoms. The van der Waals surface area contributed by atoms with Crippen molar-refractivity contribution in [2.75, 3.05) is 20.6 Å². The highest BCUT2D eigenvalue weighted by molar-refractivity contribution is 6.99. The van der Waals surface area contributed by atoms with Gasteiger partial charge in [0.05, 0.1) is 5.92 Å². The molecule has 0 aliphatic heterocycles. The Morgan fingerprint density at radius 1 is 0.587 bits per heavy atom. The summed E-state index contributed by atoms with van der Waals surface area (Å²) in [5.41, 5.74) is 0. The average Bonchev–Trinajstić information content (AvgIpc) is 3.26. The first-order valence-corrected chi connectivity index (χ1v) is 28.1. The molecule has 63 heavy (non-hydrogen) atoms. The number of rotatable bonds is 39. The van der Waals surface area contributed by atoms with E-state index < -0.39 is 14.3 Å². The number of unbranched alkanes of at least 4 members (excludes halogenated alkanes) is 17. The van der Waals surface area contributed by atoms with Crippen LogP contribution in [-0.2, 0) is 9.22 Å². The average molecular weight is 885 g/mol. The van der Waals surface area contributed by atoms with Crippen molar-refractivity contribution in [3.05, 3.63) is 97.1 Å². The van der Waals surface area contributed by atoms with Gasteiger partial charge in [0.2, 0.25) is 0 Å². The molecule has 0 saturated heterocycles. The zero-order valence-corrected chi connectivity index (χ0v) is 43.0.